The van der Waals surface area contributed by atoms with Crippen molar-refractivity contribution in [3.05, 3.63) is 341 Å². The molecule has 6 heterocycles. The predicted molar refractivity (Wildman–Crippen MR) is 395 cm³/mol. The third kappa shape index (κ3) is 19.0. The highest BCUT2D eigenvalue weighted by Gasteiger charge is 2.28. The van der Waals surface area contributed by atoms with Crippen molar-refractivity contribution < 1.29 is 19.8 Å². The van der Waals surface area contributed by atoms with Gasteiger partial charge in [0.15, 0.2) is 0 Å². The smallest absolute Gasteiger partial charge is 0.349 e. The maximum atomic E-state index is 12.2. The highest BCUT2D eigenvalue weighted by Crippen LogP contribution is 2.49. The number of aromatic nitrogens is 12. The molecule has 0 radical (unpaired) electrons. The zero-order valence-electron chi connectivity index (χ0n) is 50.4. The predicted octanol–water partition coefficient (Wildman–Crippen LogP) is 15.0. The lowest BCUT2D eigenvalue weighted by Gasteiger charge is -2.21. The molecule has 22 nitrogen and oxygen atoms in total. The van der Waals surface area contributed by atoms with Crippen molar-refractivity contribution in [3.63, 3.8) is 0 Å². The summed E-state index contributed by atoms with van der Waals surface area (Å²) >= 11 is 67.7. The fourth-order valence-electron chi connectivity index (χ4n) is 9.32. The van der Waals surface area contributed by atoms with Crippen molar-refractivity contribution in [1.29, 1.82) is 0 Å². The molecule has 3 atom stereocenters. The largest absolute Gasteiger partial charge is 0.478 e. The average Bonchev–Trinajstić information content (AvgIpc) is 0.795. The Morgan fingerprint density at radius 2 is 0.683 bits per heavy atom. The summed E-state index contributed by atoms with van der Waals surface area (Å²) in [5, 5.41) is 33.2. The number of thioether (sulfide) groups is 3. The zero-order valence-corrected chi connectivity index (χ0v) is 60.5. The topological polar surface area (TPSA) is 317 Å². The van der Waals surface area contributed by atoms with Gasteiger partial charge in [0.2, 0.25) is 0 Å². The van der Waals surface area contributed by atoms with E-state index in [9.17, 15) is 43.5 Å². The van der Waals surface area contributed by atoms with E-state index in [2.05, 4.69) is 45.2 Å². The van der Waals surface area contributed by atoms with E-state index < -0.39 is 55.5 Å². The lowest BCUT2D eigenvalue weighted by atomic mass is 10.0. The average molecular weight is 1610 g/mol. The Morgan fingerprint density at radius 1 is 0.396 bits per heavy atom. The number of H-pyrrole nitrogens is 3. The Morgan fingerprint density at radius 3 is 0.921 bits per heavy atom. The number of pyridine rings is 3. The van der Waals surface area contributed by atoms with Gasteiger partial charge < -0.3 is 10.2 Å². The molecule has 5 N–H and O–H groups in total. The van der Waals surface area contributed by atoms with Gasteiger partial charge in [-0.25, -0.2) is 34.1 Å². The Bertz CT molecular complexity index is 5150. The van der Waals surface area contributed by atoms with Crippen molar-refractivity contribution in [2.45, 2.75) is 37.4 Å². The summed E-state index contributed by atoms with van der Waals surface area (Å²) in [6.07, 6.45) is 7.19. The van der Waals surface area contributed by atoms with E-state index in [1.54, 1.807) is 85.1 Å². The molecule has 0 bridgehead atoms. The van der Waals surface area contributed by atoms with Gasteiger partial charge in [-0.15, -0.1) is 0 Å². The molecule has 3 unspecified atom stereocenters. The highest BCUT2D eigenvalue weighted by molar-refractivity contribution is 8.00. The van der Waals surface area contributed by atoms with E-state index in [-0.39, 0.29) is 54.4 Å². The maximum Gasteiger partial charge on any atom is 0.349 e. The molecule has 0 amide bonds. The lowest BCUT2D eigenvalue weighted by Crippen LogP contribution is -2.30. The number of halogens is 10. The number of aromatic amines is 3. The molecule has 101 heavy (non-hydrogen) atoms. The van der Waals surface area contributed by atoms with E-state index in [1.165, 1.54) is 78.0 Å². The number of aliphatic hydroxyl groups is 1. The van der Waals surface area contributed by atoms with Gasteiger partial charge in [0.25, 0.3) is 21.9 Å². The third-order valence-electron chi connectivity index (χ3n) is 14.0. The lowest BCUT2D eigenvalue weighted by molar-refractivity contribution is 0.0696. The van der Waals surface area contributed by atoms with Crippen LogP contribution >= 0.6 is 151 Å². The molecule has 6 aromatic heterocycles. The number of benzene rings is 6. The molecule has 0 spiro atoms. The Kier molecular flexibility index (Phi) is 25.4. The number of hydrogen-bond donors (Lipinski definition) is 5. The number of rotatable bonds is 18. The molecule has 0 aliphatic rings. The molecule has 0 saturated carbocycles. The minimum atomic E-state index is -1.08. The van der Waals surface area contributed by atoms with Gasteiger partial charge in [-0.3, -0.25) is 34.1 Å². The summed E-state index contributed by atoms with van der Waals surface area (Å²) in [6, 6.07) is 40.6. The van der Waals surface area contributed by atoms with Crippen molar-refractivity contribution in [2.24, 2.45) is 0 Å². The van der Waals surface area contributed by atoms with Crippen LogP contribution in [-0.4, -0.2) is 80.7 Å². The van der Waals surface area contributed by atoms with Crippen LogP contribution in [0.2, 0.25) is 45.2 Å². The van der Waals surface area contributed by atoms with Gasteiger partial charge in [-0.2, -0.15) is 29.3 Å². The molecular formula is C66H40Cl10N12O10S3. The number of nitrogens with zero attached hydrogens (tertiary/aromatic N) is 9. The summed E-state index contributed by atoms with van der Waals surface area (Å²) in [4.78, 5) is 112. The summed E-state index contributed by atoms with van der Waals surface area (Å²) in [6.45, 7) is -0.101. The van der Waals surface area contributed by atoms with Crippen LogP contribution < -0.4 is 33.7 Å². The number of hydrogen-bond acceptors (Lipinski definition) is 18. The minimum Gasteiger partial charge on any atom is -0.478 e. The van der Waals surface area contributed by atoms with Crippen molar-refractivity contribution >= 4 is 163 Å². The van der Waals surface area contributed by atoms with Crippen molar-refractivity contribution in [3.8, 4) is 17.1 Å². The number of carbonyl (C=O) groups excluding carboxylic acids is 1. The Labute approximate surface area is 631 Å². The van der Waals surface area contributed by atoms with Gasteiger partial charge in [0.05, 0.1) is 65.6 Å². The Balaban J connectivity index is 0.000000163. The van der Waals surface area contributed by atoms with Crippen molar-refractivity contribution in [2.75, 3.05) is 0 Å². The number of aliphatic hydroxyl groups excluding tert-OH is 1. The fourth-order valence-corrected chi connectivity index (χ4v) is 15.8. The molecule has 0 saturated heterocycles. The monoisotopic (exact) mass is 1610 g/mol. The van der Waals surface area contributed by atoms with Gasteiger partial charge in [-0.1, -0.05) is 182 Å². The normalized spacial score (nSPS) is 11.9. The molecule has 0 fully saturated rings. The molecule has 0 aliphatic heterocycles. The molecule has 6 aromatic carbocycles. The quantitative estimate of drug-likeness (QED) is 0.0394. The van der Waals surface area contributed by atoms with E-state index in [0.29, 0.717) is 68.1 Å². The number of carboxylic acid groups (broad SMARTS) is 1. The van der Waals surface area contributed by atoms with Crippen molar-refractivity contribution in [1.82, 2.24) is 59.2 Å². The maximum absolute atomic E-state index is 12.2. The standard InChI is InChI=1S/C22H12Cl4N4O3S.C22H13Cl3N4O4S.C22H15Cl3N4O3S/c23-13-4-1-11(2-5-13)20(34-18-6-3-12(9-27-18)21(26)32)19-15(24)7-14(8-16(19)25)30-22(33)29-17(31)10-28-30;23-13-4-1-11(2-5-13)20(34-18-6-3-12(9-26-18)21(31)32)19-15(24)7-14(8-16(19)25)29-22(33)28-17(30)10-27-29;23-14-4-2-13(3-5-14)21(33-19-6-1-12(11-30)9-26-19)20-16(24)7-15(8-17(20)25)29-22(32)28-18(31)10-27-29/h1-10,20H,(H,29,31,33);1-10,20H,(H,31,32)(H,28,30,33);1-10,21,30H,11H2,(H,28,31,32). The molecule has 12 aromatic rings. The van der Waals surface area contributed by atoms with Crippen LogP contribution in [0, 0.1) is 0 Å². The van der Waals surface area contributed by atoms with E-state index >= 15 is 0 Å². The number of carbonyl (C=O) groups is 2. The molecular weight excluding hydrogens is 1570 g/mol. The first-order chi connectivity index (χ1) is 48.3. The number of aromatic carboxylic acids is 1. The van der Waals surface area contributed by atoms with E-state index in [4.69, 9.17) is 121 Å². The van der Waals surface area contributed by atoms with E-state index in [0.717, 1.165) is 49.3 Å². The minimum absolute atomic E-state index is 0.0617. The van der Waals surface area contributed by atoms with Crippen LogP contribution in [0.4, 0.5) is 0 Å². The summed E-state index contributed by atoms with van der Waals surface area (Å²) in [7, 11) is 0. The first-order valence-electron chi connectivity index (χ1n) is 28.5. The van der Waals surface area contributed by atoms with Gasteiger partial charge in [0.1, 0.15) is 18.6 Å². The molecule has 512 valence electrons. The van der Waals surface area contributed by atoms with E-state index in [1.807, 2.05) is 36.4 Å². The summed E-state index contributed by atoms with van der Waals surface area (Å²) in [5.74, 6) is -1.08. The van der Waals surface area contributed by atoms with Crippen LogP contribution in [0.3, 0.4) is 0 Å². The third-order valence-corrected chi connectivity index (χ3v) is 20.5. The summed E-state index contributed by atoms with van der Waals surface area (Å²) < 4.78 is 2.96. The summed E-state index contributed by atoms with van der Waals surface area (Å²) in [5.41, 5.74) is 2.11. The van der Waals surface area contributed by atoms with Crippen LogP contribution in [-0.2, 0) is 6.61 Å². The first kappa shape index (κ1) is 75.3. The fraction of sp³-hybridized carbons (Fsp3) is 0.0606. The second kappa shape index (κ2) is 34.1. The first-order valence-corrected chi connectivity index (χ1v) is 34.9. The molecule has 12 rings (SSSR count). The van der Waals surface area contributed by atoms with Gasteiger partial charge in [0, 0.05) is 80.5 Å². The van der Waals surface area contributed by atoms with Crippen LogP contribution in [0.15, 0.2) is 227 Å². The second-order valence-electron chi connectivity index (χ2n) is 20.7. The Hall–Kier alpha value is -8.35. The van der Waals surface area contributed by atoms with Gasteiger partial charge >= 0.3 is 23.0 Å². The van der Waals surface area contributed by atoms with Crippen LogP contribution in [0.25, 0.3) is 17.1 Å². The molecule has 35 heteroatoms. The second-order valence-corrected chi connectivity index (χ2v) is 28.2. The number of carboxylic acids is 1. The van der Waals surface area contributed by atoms with Crippen LogP contribution in [0.1, 0.15) is 75.4 Å². The molecule has 0 aliphatic carbocycles. The van der Waals surface area contributed by atoms with Gasteiger partial charge in [-0.05, 0) is 137 Å². The zero-order chi connectivity index (χ0) is 72.3. The SMILES string of the molecule is O=C(Cl)c1ccc(SC(c2ccc(Cl)cc2)c2c(Cl)cc(-n3ncc(=O)[nH]c3=O)cc2Cl)nc1.O=C(O)c1ccc(SC(c2ccc(Cl)cc2)c2c(Cl)cc(-n3ncc(=O)[nH]c3=O)cc2Cl)nc1.O=c1cnn(-c2cc(Cl)c(C(Sc3ccc(CO)cn3)c3ccc(Cl)cc3)c(Cl)c2)c(=O)[nH]1. The highest BCUT2D eigenvalue weighted by atomic mass is 35.5. The van der Waals surface area contributed by atoms with Crippen LogP contribution in [0.5, 0.6) is 0 Å². The number of nitrogens with one attached hydrogen (secondary N) is 3.